The van der Waals surface area contributed by atoms with Crippen LogP contribution in [0.2, 0.25) is 5.02 Å². The molecule has 1 aliphatic heterocycles. The Morgan fingerprint density at radius 3 is 2.35 bits per heavy atom. The number of ether oxygens (including phenoxy) is 1. The Morgan fingerprint density at radius 2 is 1.73 bits per heavy atom. The minimum absolute atomic E-state index is 0.0217. The Hall–Kier alpha value is -3.64. The van der Waals surface area contributed by atoms with Gasteiger partial charge in [-0.25, -0.2) is 4.39 Å². The third-order valence-corrected chi connectivity index (χ3v) is 6.74. The summed E-state index contributed by atoms with van der Waals surface area (Å²) in [4.78, 5) is 27.9. The number of halogens is 2. The molecule has 3 aromatic carbocycles. The molecule has 4 rings (SSSR count). The molecule has 0 spiro atoms. The summed E-state index contributed by atoms with van der Waals surface area (Å²) in [6, 6.07) is 17.2. The van der Waals surface area contributed by atoms with Gasteiger partial charge in [-0.2, -0.15) is 0 Å². The van der Waals surface area contributed by atoms with Gasteiger partial charge in [0.1, 0.15) is 17.3 Å². The minimum atomic E-state index is -0.859. The van der Waals surface area contributed by atoms with Gasteiger partial charge in [0.2, 0.25) is 0 Å². The van der Waals surface area contributed by atoms with E-state index in [4.69, 9.17) is 16.3 Å². The molecule has 1 unspecified atom stereocenters. The highest BCUT2D eigenvalue weighted by Gasteiger charge is 2.45. The van der Waals surface area contributed by atoms with E-state index < -0.39 is 23.5 Å². The first kappa shape index (κ1) is 26.4. The van der Waals surface area contributed by atoms with Gasteiger partial charge in [0.05, 0.1) is 18.2 Å². The van der Waals surface area contributed by atoms with Crippen molar-refractivity contribution in [3.63, 3.8) is 0 Å². The highest BCUT2D eigenvalue weighted by molar-refractivity contribution is 6.46. The van der Waals surface area contributed by atoms with Crippen molar-refractivity contribution in [1.82, 2.24) is 4.90 Å². The molecule has 1 heterocycles. The van der Waals surface area contributed by atoms with E-state index in [-0.39, 0.29) is 23.8 Å². The zero-order chi connectivity index (χ0) is 26.7. The zero-order valence-electron chi connectivity index (χ0n) is 21.0. The van der Waals surface area contributed by atoms with Crippen LogP contribution in [0.3, 0.4) is 0 Å². The predicted octanol–water partition coefficient (Wildman–Crippen LogP) is 6.67. The van der Waals surface area contributed by atoms with Crippen LogP contribution in [0.5, 0.6) is 5.75 Å². The SMILES string of the molecule is CCOc1ccc(/C(O)=C2/C(=O)C(=O)N(CCc3ccc(Cl)cc3)C2c2ccc(F)cc2)cc1C(C)C. The van der Waals surface area contributed by atoms with Crippen LogP contribution in [0.15, 0.2) is 72.3 Å². The topological polar surface area (TPSA) is 66.8 Å². The lowest BCUT2D eigenvalue weighted by atomic mass is 9.93. The first-order valence-corrected chi connectivity index (χ1v) is 12.6. The van der Waals surface area contributed by atoms with Crippen molar-refractivity contribution in [1.29, 1.82) is 0 Å². The number of nitrogens with zero attached hydrogens (tertiary/aromatic N) is 1. The lowest BCUT2D eigenvalue weighted by molar-refractivity contribution is -0.139. The molecule has 0 bridgehead atoms. The number of rotatable bonds is 8. The van der Waals surface area contributed by atoms with Crippen LogP contribution in [0.1, 0.15) is 55.0 Å². The van der Waals surface area contributed by atoms with Gasteiger partial charge in [-0.3, -0.25) is 9.59 Å². The molecule has 0 aliphatic carbocycles. The molecule has 0 saturated carbocycles. The number of benzene rings is 3. The third kappa shape index (κ3) is 5.54. The third-order valence-electron chi connectivity index (χ3n) is 6.49. The number of carbonyl (C=O) groups is 2. The van der Waals surface area contributed by atoms with Gasteiger partial charge in [-0.05, 0) is 78.4 Å². The summed E-state index contributed by atoms with van der Waals surface area (Å²) < 4.78 is 19.5. The molecule has 1 atom stereocenters. The summed E-state index contributed by atoms with van der Waals surface area (Å²) in [7, 11) is 0. The molecule has 1 aliphatic rings. The van der Waals surface area contributed by atoms with Crippen molar-refractivity contribution < 1.29 is 23.8 Å². The van der Waals surface area contributed by atoms with E-state index in [0.29, 0.717) is 34.9 Å². The molecule has 1 amide bonds. The van der Waals surface area contributed by atoms with E-state index in [2.05, 4.69) is 0 Å². The maximum Gasteiger partial charge on any atom is 0.295 e. The van der Waals surface area contributed by atoms with Crippen LogP contribution in [0.25, 0.3) is 5.76 Å². The van der Waals surface area contributed by atoms with E-state index in [1.165, 1.54) is 29.2 Å². The zero-order valence-corrected chi connectivity index (χ0v) is 21.8. The standard InChI is InChI=1S/C30H29ClFNO4/c1-4-37-25-14-9-21(17-24(25)18(2)3)28(34)26-27(20-7-12-23(32)13-8-20)33(30(36)29(26)35)16-15-19-5-10-22(31)11-6-19/h5-14,17-18,27,34H,4,15-16H2,1-3H3/b28-26-. The van der Waals surface area contributed by atoms with E-state index in [1.54, 1.807) is 30.3 Å². The van der Waals surface area contributed by atoms with E-state index in [9.17, 15) is 19.1 Å². The first-order chi connectivity index (χ1) is 17.7. The minimum Gasteiger partial charge on any atom is -0.507 e. The Kier molecular flexibility index (Phi) is 7.98. The van der Waals surface area contributed by atoms with Crippen LogP contribution in [0.4, 0.5) is 4.39 Å². The van der Waals surface area contributed by atoms with Crippen LogP contribution in [-0.4, -0.2) is 34.8 Å². The number of Topliss-reactive ketones (excluding diaryl/α,β-unsaturated/α-hetero) is 1. The van der Waals surface area contributed by atoms with Gasteiger partial charge in [-0.15, -0.1) is 0 Å². The average molecular weight is 522 g/mol. The molecule has 3 aromatic rings. The Bertz CT molecular complexity index is 1330. The van der Waals surface area contributed by atoms with Gasteiger partial charge < -0.3 is 14.7 Å². The van der Waals surface area contributed by atoms with Crippen LogP contribution in [0, 0.1) is 5.82 Å². The molecule has 5 nitrogen and oxygen atoms in total. The molecule has 1 saturated heterocycles. The van der Waals surface area contributed by atoms with Gasteiger partial charge in [-0.1, -0.05) is 49.7 Å². The summed E-state index contributed by atoms with van der Waals surface area (Å²) in [6.07, 6.45) is 0.475. The number of hydrogen-bond acceptors (Lipinski definition) is 4. The molecule has 0 aromatic heterocycles. The van der Waals surface area contributed by atoms with E-state index in [1.807, 2.05) is 32.9 Å². The second-order valence-electron chi connectivity index (χ2n) is 9.26. The normalized spacial score (nSPS) is 17.0. The number of hydrogen-bond donors (Lipinski definition) is 1. The number of aliphatic hydroxyl groups excluding tert-OH is 1. The average Bonchev–Trinajstić information content (AvgIpc) is 3.13. The number of aliphatic hydroxyl groups is 1. The number of amides is 1. The molecule has 192 valence electrons. The Balaban J connectivity index is 1.79. The first-order valence-electron chi connectivity index (χ1n) is 12.3. The summed E-state index contributed by atoms with van der Waals surface area (Å²) in [5.74, 6) is -1.39. The lowest BCUT2D eigenvalue weighted by Crippen LogP contribution is -2.31. The predicted molar refractivity (Wildman–Crippen MR) is 142 cm³/mol. The summed E-state index contributed by atoms with van der Waals surface area (Å²) >= 11 is 5.99. The number of likely N-dealkylation sites (tertiary alicyclic amines) is 1. The van der Waals surface area contributed by atoms with Crippen molar-refractivity contribution in [2.45, 2.75) is 39.2 Å². The fourth-order valence-corrected chi connectivity index (χ4v) is 4.72. The Morgan fingerprint density at radius 1 is 1.05 bits per heavy atom. The molecule has 0 radical (unpaired) electrons. The van der Waals surface area contributed by atoms with Crippen molar-refractivity contribution in [3.05, 3.63) is 105 Å². The number of carbonyl (C=O) groups excluding carboxylic acids is 2. The maximum absolute atomic E-state index is 13.7. The molecular weight excluding hydrogens is 493 g/mol. The summed E-state index contributed by atoms with van der Waals surface area (Å²) in [5.41, 5.74) is 2.74. The lowest BCUT2D eigenvalue weighted by Gasteiger charge is -2.25. The summed E-state index contributed by atoms with van der Waals surface area (Å²) in [6.45, 7) is 6.64. The van der Waals surface area contributed by atoms with E-state index in [0.717, 1.165) is 11.1 Å². The molecule has 1 fully saturated rings. The van der Waals surface area contributed by atoms with Crippen LogP contribution >= 0.6 is 11.6 Å². The van der Waals surface area contributed by atoms with Crippen molar-refractivity contribution in [2.24, 2.45) is 0 Å². The van der Waals surface area contributed by atoms with Crippen LogP contribution < -0.4 is 4.74 Å². The molecule has 7 heteroatoms. The smallest absolute Gasteiger partial charge is 0.295 e. The molecular formula is C30H29ClFNO4. The monoisotopic (exact) mass is 521 g/mol. The molecule has 1 N–H and O–H groups in total. The second-order valence-corrected chi connectivity index (χ2v) is 9.70. The Labute approximate surface area is 221 Å². The largest absolute Gasteiger partial charge is 0.507 e. The highest BCUT2D eigenvalue weighted by atomic mass is 35.5. The number of ketones is 1. The van der Waals surface area contributed by atoms with Crippen molar-refractivity contribution in [2.75, 3.05) is 13.2 Å². The van der Waals surface area contributed by atoms with Gasteiger partial charge in [0, 0.05) is 17.1 Å². The fourth-order valence-electron chi connectivity index (χ4n) is 4.59. The maximum atomic E-state index is 13.7. The molecule has 37 heavy (non-hydrogen) atoms. The van der Waals surface area contributed by atoms with Crippen LogP contribution in [-0.2, 0) is 16.0 Å². The van der Waals surface area contributed by atoms with E-state index >= 15 is 0 Å². The fraction of sp³-hybridized carbons (Fsp3) is 0.267. The van der Waals surface area contributed by atoms with Gasteiger partial charge >= 0.3 is 0 Å². The summed E-state index contributed by atoms with van der Waals surface area (Å²) in [5, 5.41) is 12.0. The second kappa shape index (κ2) is 11.2. The van der Waals surface area contributed by atoms with Crippen molar-refractivity contribution in [3.8, 4) is 5.75 Å². The quantitative estimate of drug-likeness (QED) is 0.204. The van der Waals surface area contributed by atoms with Gasteiger partial charge in [0.25, 0.3) is 11.7 Å². The highest BCUT2D eigenvalue weighted by Crippen LogP contribution is 2.40. The van der Waals surface area contributed by atoms with Gasteiger partial charge in [0.15, 0.2) is 0 Å². The van der Waals surface area contributed by atoms with Crippen molar-refractivity contribution >= 4 is 29.1 Å².